The van der Waals surface area contributed by atoms with Crippen LogP contribution in [0, 0.1) is 6.92 Å². The SMILES string of the molecule is Cc1cccc(C(=O)O)c1OCCCc1ccncc1. The molecule has 0 aliphatic heterocycles. The van der Waals surface area contributed by atoms with Crippen LogP contribution in [0.5, 0.6) is 5.75 Å². The van der Waals surface area contributed by atoms with Gasteiger partial charge in [-0.3, -0.25) is 4.98 Å². The van der Waals surface area contributed by atoms with Crippen molar-refractivity contribution in [3.8, 4) is 5.75 Å². The first kappa shape index (κ1) is 14.1. The number of nitrogens with zero attached hydrogens (tertiary/aromatic N) is 1. The van der Waals surface area contributed by atoms with Crippen molar-refractivity contribution in [1.29, 1.82) is 0 Å². The predicted octanol–water partition coefficient (Wildman–Crippen LogP) is 3.10. The topological polar surface area (TPSA) is 59.4 Å². The first-order valence-corrected chi connectivity index (χ1v) is 6.53. The number of carbonyl (C=O) groups is 1. The molecule has 4 nitrogen and oxygen atoms in total. The largest absolute Gasteiger partial charge is 0.492 e. The standard InChI is InChI=1S/C16H17NO3/c1-12-4-2-6-14(16(18)19)15(12)20-11-3-5-13-7-9-17-10-8-13/h2,4,6-10H,3,5,11H2,1H3,(H,18,19). The number of ether oxygens (including phenoxy) is 1. The molecule has 0 aliphatic rings. The number of para-hydroxylation sites is 1. The summed E-state index contributed by atoms with van der Waals surface area (Å²) < 4.78 is 5.65. The van der Waals surface area contributed by atoms with E-state index in [4.69, 9.17) is 9.84 Å². The summed E-state index contributed by atoms with van der Waals surface area (Å²) in [7, 11) is 0. The Balaban J connectivity index is 1.93. The third kappa shape index (κ3) is 3.57. The number of pyridine rings is 1. The molecular weight excluding hydrogens is 254 g/mol. The van der Waals surface area contributed by atoms with Crippen LogP contribution in [-0.4, -0.2) is 22.7 Å². The van der Waals surface area contributed by atoms with Gasteiger partial charge in [-0.05, 0) is 49.1 Å². The molecule has 0 atom stereocenters. The molecule has 0 radical (unpaired) electrons. The van der Waals surface area contributed by atoms with Gasteiger partial charge in [0.25, 0.3) is 0 Å². The Morgan fingerprint density at radius 3 is 2.70 bits per heavy atom. The molecule has 0 spiro atoms. The lowest BCUT2D eigenvalue weighted by atomic mass is 10.1. The molecule has 0 bridgehead atoms. The van der Waals surface area contributed by atoms with Crippen LogP contribution in [0.15, 0.2) is 42.7 Å². The van der Waals surface area contributed by atoms with Crippen molar-refractivity contribution in [2.24, 2.45) is 0 Å². The van der Waals surface area contributed by atoms with E-state index in [1.807, 2.05) is 25.1 Å². The van der Waals surface area contributed by atoms with Crippen LogP contribution in [0.2, 0.25) is 0 Å². The molecule has 0 saturated carbocycles. The number of rotatable bonds is 6. The molecule has 20 heavy (non-hydrogen) atoms. The van der Waals surface area contributed by atoms with Crippen molar-refractivity contribution in [3.63, 3.8) is 0 Å². The molecule has 1 N–H and O–H groups in total. The van der Waals surface area contributed by atoms with Gasteiger partial charge in [0.05, 0.1) is 6.61 Å². The molecule has 0 fully saturated rings. The van der Waals surface area contributed by atoms with Crippen molar-refractivity contribution in [2.45, 2.75) is 19.8 Å². The van der Waals surface area contributed by atoms with Crippen LogP contribution < -0.4 is 4.74 Å². The Morgan fingerprint density at radius 2 is 2.00 bits per heavy atom. The van der Waals surface area contributed by atoms with E-state index in [0.717, 1.165) is 18.4 Å². The summed E-state index contributed by atoms with van der Waals surface area (Å²) in [4.78, 5) is 15.1. The Bertz CT molecular complexity index is 582. The lowest BCUT2D eigenvalue weighted by Crippen LogP contribution is -2.06. The van der Waals surface area contributed by atoms with Crippen molar-refractivity contribution in [1.82, 2.24) is 4.98 Å². The van der Waals surface area contributed by atoms with Crippen molar-refractivity contribution < 1.29 is 14.6 Å². The molecular formula is C16H17NO3. The van der Waals surface area contributed by atoms with E-state index in [0.29, 0.717) is 12.4 Å². The average Bonchev–Trinajstić information content (AvgIpc) is 2.45. The second-order valence-electron chi connectivity index (χ2n) is 4.56. The summed E-state index contributed by atoms with van der Waals surface area (Å²) in [6.45, 7) is 2.35. The Morgan fingerprint density at radius 1 is 1.25 bits per heavy atom. The first-order chi connectivity index (χ1) is 9.68. The molecule has 2 aromatic rings. The highest BCUT2D eigenvalue weighted by Gasteiger charge is 2.12. The molecule has 2 rings (SSSR count). The van der Waals surface area contributed by atoms with E-state index in [-0.39, 0.29) is 5.56 Å². The van der Waals surface area contributed by atoms with E-state index in [1.54, 1.807) is 24.5 Å². The summed E-state index contributed by atoms with van der Waals surface area (Å²) in [5, 5.41) is 9.14. The van der Waals surface area contributed by atoms with Crippen molar-refractivity contribution in [3.05, 3.63) is 59.4 Å². The molecule has 1 aromatic heterocycles. The quantitative estimate of drug-likeness (QED) is 0.820. The summed E-state index contributed by atoms with van der Waals surface area (Å²) in [5.74, 6) is -0.493. The van der Waals surface area contributed by atoms with Gasteiger partial charge < -0.3 is 9.84 Å². The van der Waals surface area contributed by atoms with Gasteiger partial charge in [0, 0.05) is 12.4 Å². The minimum Gasteiger partial charge on any atom is -0.492 e. The summed E-state index contributed by atoms with van der Waals surface area (Å²) in [5.41, 5.74) is 2.26. The van der Waals surface area contributed by atoms with Gasteiger partial charge in [0.15, 0.2) is 0 Å². The predicted molar refractivity (Wildman–Crippen MR) is 76.2 cm³/mol. The molecule has 0 unspecified atom stereocenters. The monoisotopic (exact) mass is 271 g/mol. The normalized spacial score (nSPS) is 10.2. The molecule has 1 aromatic carbocycles. The van der Waals surface area contributed by atoms with Crippen molar-refractivity contribution in [2.75, 3.05) is 6.61 Å². The molecule has 0 saturated heterocycles. The lowest BCUT2D eigenvalue weighted by Gasteiger charge is -2.11. The summed E-state index contributed by atoms with van der Waals surface area (Å²) >= 11 is 0. The molecule has 0 amide bonds. The first-order valence-electron chi connectivity index (χ1n) is 6.53. The maximum absolute atomic E-state index is 11.1. The second kappa shape index (κ2) is 6.70. The van der Waals surface area contributed by atoms with Crippen LogP contribution in [0.4, 0.5) is 0 Å². The highest BCUT2D eigenvalue weighted by atomic mass is 16.5. The minimum absolute atomic E-state index is 0.217. The second-order valence-corrected chi connectivity index (χ2v) is 4.56. The van der Waals surface area contributed by atoms with Gasteiger partial charge in [-0.25, -0.2) is 4.79 Å². The fraction of sp³-hybridized carbons (Fsp3) is 0.250. The molecule has 0 aliphatic carbocycles. The highest BCUT2D eigenvalue weighted by Crippen LogP contribution is 2.23. The zero-order valence-electron chi connectivity index (χ0n) is 11.4. The minimum atomic E-state index is -0.960. The van der Waals surface area contributed by atoms with Crippen molar-refractivity contribution >= 4 is 5.97 Å². The van der Waals surface area contributed by atoms with Gasteiger partial charge >= 0.3 is 5.97 Å². The third-order valence-corrected chi connectivity index (χ3v) is 3.05. The number of carboxylic acids is 1. The van der Waals surface area contributed by atoms with Gasteiger partial charge in [-0.1, -0.05) is 12.1 Å². The maximum Gasteiger partial charge on any atom is 0.339 e. The van der Waals surface area contributed by atoms with Crippen LogP contribution in [-0.2, 0) is 6.42 Å². The number of benzene rings is 1. The fourth-order valence-corrected chi connectivity index (χ4v) is 2.01. The molecule has 104 valence electrons. The van der Waals surface area contributed by atoms with E-state index in [2.05, 4.69) is 4.98 Å². The highest BCUT2D eigenvalue weighted by molar-refractivity contribution is 5.91. The Labute approximate surface area is 118 Å². The lowest BCUT2D eigenvalue weighted by molar-refractivity contribution is 0.0692. The molecule has 1 heterocycles. The third-order valence-electron chi connectivity index (χ3n) is 3.05. The Kier molecular flexibility index (Phi) is 4.71. The zero-order chi connectivity index (χ0) is 14.4. The van der Waals surface area contributed by atoms with E-state index < -0.39 is 5.97 Å². The summed E-state index contributed by atoms with van der Waals surface area (Å²) in [6, 6.07) is 9.08. The van der Waals surface area contributed by atoms with E-state index >= 15 is 0 Å². The number of hydrogen-bond donors (Lipinski definition) is 1. The molecule has 4 heteroatoms. The zero-order valence-corrected chi connectivity index (χ0v) is 11.4. The van der Waals surface area contributed by atoms with Crippen LogP contribution in [0.1, 0.15) is 27.9 Å². The smallest absolute Gasteiger partial charge is 0.339 e. The van der Waals surface area contributed by atoms with E-state index in [1.165, 1.54) is 5.56 Å². The maximum atomic E-state index is 11.1. The van der Waals surface area contributed by atoms with E-state index in [9.17, 15) is 4.79 Å². The van der Waals surface area contributed by atoms with Gasteiger partial charge in [-0.2, -0.15) is 0 Å². The number of hydrogen-bond acceptors (Lipinski definition) is 3. The number of aryl methyl sites for hydroxylation is 2. The average molecular weight is 271 g/mol. The number of carboxylic acid groups (broad SMARTS) is 1. The van der Waals surface area contributed by atoms with Crippen LogP contribution in [0.3, 0.4) is 0 Å². The number of aromatic nitrogens is 1. The van der Waals surface area contributed by atoms with Crippen LogP contribution in [0.25, 0.3) is 0 Å². The van der Waals surface area contributed by atoms with Gasteiger partial charge in [-0.15, -0.1) is 0 Å². The fourth-order valence-electron chi connectivity index (χ4n) is 2.01. The number of aromatic carboxylic acids is 1. The summed E-state index contributed by atoms with van der Waals surface area (Å²) in [6.07, 6.45) is 5.24. The Hall–Kier alpha value is -2.36. The van der Waals surface area contributed by atoms with Crippen LogP contribution >= 0.6 is 0 Å². The van der Waals surface area contributed by atoms with Gasteiger partial charge in [0.2, 0.25) is 0 Å². The van der Waals surface area contributed by atoms with Gasteiger partial charge in [0.1, 0.15) is 11.3 Å².